The quantitative estimate of drug-likeness (QED) is 0.491. The lowest BCUT2D eigenvalue weighted by molar-refractivity contribution is -0.127. The maximum Gasteiger partial charge on any atom is 0.250 e. The van der Waals surface area contributed by atoms with Crippen molar-refractivity contribution < 1.29 is 9.59 Å². The minimum absolute atomic E-state index is 0.229. The van der Waals surface area contributed by atoms with E-state index in [-0.39, 0.29) is 5.91 Å². The Hall–Kier alpha value is -2.46. The van der Waals surface area contributed by atoms with Crippen LogP contribution in [0.5, 0.6) is 0 Å². The molecule has 4 heterocycles. The zero-order valence-electron chi connectivity index (χ0n) is 18.5. The van der Waals surface area contributed by atoms with E-state index in [2.05, 4.69) is 25.6 Å². The van der Waals surface area contributed by atoms with Gasteiger partial charge in [-0.05, 0) is 55.6 Å². The molecular formula is C22H27BrN6O2S. The van der Waals surface area contributed by atoms with Gasteiger partial charge in [0.1, 0.15) is 5.01 Å². The number of nitrogens with two attached hydrogens (primary N) is 1. The SMILES string of the molecule is Cc1nn(Cc2nc(-c3cc(C(N)=O)c(C)n3CCCN3CCCC3=O)cs2)c(C)c1Br. The van der Waals surface area contributed by atoms with Crippen molar-refractivity contribution in [3.63, 3.8) is 0 Å². The first-order valence-electron chi connectivity index (χ1n) is 10.7. The van der Waals surface area contributed by atoms with E-state index in [1.54, 1.807) is 11.3 Å². The number of hydrogen-bond donors (Lipinski definition) is 1. The minimum atomic E-state index is -0.444. The number of nitrogens with zero attached hydrogens (tertiary/aromatic N) is 5. The summed E-state index contributed by atoms with van der Waals surface area (Å²) in [7, 11) is 0. The summed E-state index contributed by atoms with van der Waals surface area (Å²) in [6, 6.07) is 1.83. The van der Waals surface area contributed by atoms with Crippen LogP contribution in [0, 0.1) is 20.8 Å². The summed E-state index contributed by atoms with van der Waals surface area (Å²) >= 11 is 5.14. The monoisotopic (exact) mass is 518 g/mol. The molecule has 0 atom stereocenters. The Kier molecular flexibility index (Phi) is 6.52. The van der Waals surface area contributed by atoms with E-state index in [0.29, 0.717) is 25.1 Å². The highest BCUT2D eigenvalue weighted by molar-refractivity contribution is 9.10. The van der Waals surface area contributed by atoms with Crippen LogP contribution in [0.1, 0.15) is 51.7 Å². The number of amides is 2. The number of rotatable bonds is 8. The van der Waals surface area contributed by atoms with Crippen LogP contribution in [-0.2, 0) is 17.9 Å². The molecule has 10 heteroatoms. The first-order valence-corrected chi connectivity index (χ1v) is 12.4. The molecule has 0 unspecified atom stereocenters. The van der Waals surface area contributed by atoms with Gasteiger partial charge in [-0.3, -0.25) is 14.3 Å². The standard InChI is InChI=1S/C22H27BrN6O2S/c1-13-21(23)15(3)29(26-13)11-19-25-17(12-32-19)18-10-16(22(24)31)14(2)28(18)9-5-8-27-7-4-6-20(27)30/h10,12H,4-9,11H2,1-3H3,(H2,24,31). The zero-order chi connectivity index (χ0) is 23.0. The first-order chi connectivity index (χ1) is 15.3. The molecule has 2 amide bonds. The number of likely N-dealkylation sites (tertiary alicyclic amines) is 1. The second-order valence-corrected chi connectivity index (χ2v) is 9.89. The van der Waals surface area contributed by atoms with Crippen LogP contribution >= 0.6 is 27.3 Å². The summed E-state index contributed by atoms with van der Waals surface area (Å²) in [5, 5.41) is 7.52. The molecule has 0 saturated carbocycles. The lowest BCUT2D eigenvalue weighted by Gasteiger charge is -2.17. The smallest absolute Gasteiger partial charge is 0.250 e. The maximum absolute atomic E-state index is 12.0. The van der Waals surface area contributed by atoms with Crippen LogP contribution in [0.2, 0.25) is 0 Å². The van der Waals surface area contributed by atoms with E-state index in [1.807, 2.05) is 41.8 Å². The highest BCUT2D eigenvalue weighted by Crippen LogP contribution is 2.29. The van der Waals surface area contributed by atoms with Crippen LogP contribution in [-0.4, -0.2) is 49.1 Å². The van der Waals surface area contributed by atoms with E-state index in [0.717, 1.165) is 63.9 Å². The molecule has 1 aliphatic heterocycles. The molecule has 2 N–H and O–H groups in total. The molecule has 4 rings (SSSR count). The third kappa shape index (κ3) is 4.38. The van der Waals surface area contributed by atoms with E-state index < -0.39 is 5.91 Å². The normalized spacial score (nSPS) is 14.0. The lowest BCUT2D eigenvalue weighted by atomic mass is 10.2. The second kappa shape index (κ2) is 9.19. The summed E-state index contributed by atoms with van der Waals surface area (Å²) in [6.07, 6.45) is 2.39. The largest absolute Gasteiger partial charge is 0.366 e. The number of aryl methyl sites for hydroxylation is 1. The van der Waals surface area contributed by atoms with Gasteiger partial charge in [0.2, 0.25) is 5.91 Å². The van der Waals surface area contributed by atoms with E-state index >= 15 is 0 Å². The lowest BCUT2D eigenvalue weighted by Crippen LogP contribution is -2.26. The summed E-state index contributed by atoms with van der Waals surface area (Å²) in [6.45, 7) is 8.73. The Bertz CT molecular complexity index is 1180. The van der Waals surface area contributed by atoms with Crippen LogP contribution in [0.25, 0.3) is 11.4 Å². The molecule has 0 aromatic carbocycles. The van der Waals surface area contributed by atoms with Gasteiger partial charge in [0, 0.05) is 37.1 Å². The van der Waals surface area contributed by atoms with Crippen molar-refractivity contribution in [3.8, 4) is 11.4 Å². The molecule has 0 aliphatic carbocycles. The molecule has 1 aliphatic rings. The predicted octanol–water partition coefficient (Wildman–Crippen LogP) is 3.66. The molecule has 0 radical (unpaired) electrons. The third-order valence-corrected chi connectivity index (χ3v) is 7.99. The molecule has 3 aromatic rings. The van der Waals surface area contributed by atoms with E-state index in [9.17, 15) is 9.59 Å². The molecule has 0 bridgehead atoms. The average molecular weight is 519 g/mol. The summed E-state index contributed by atoms with van der Waals surface area (Å²) in [5.74, 6) is -0.215. The van der Waals surface area contributed by atoms with Gasteiger partial charge in [0.25, 0.3) is 5.91 Å². The number of thiazole rings is 1. The van der Waals surface area contributed by atoms with Crippen molar-refractivity contribution >= 4 is 39.1 Å². The van der Waals surface area contributed by atoms with Crippen molar-refractivity contribution in [2.24, 2.45) is 5.73 Å². The van der Waals surface area contributed by atoms with E-state index in [4.69, 9.17) is 10.7 Å². The molecule has 0 spiro atoms. The Morgan fingerprint density at radius 2 is 2.03 bits per heavy atom. The fraction of sp³-hybridized carbons (Fsp3) is 0.455. The number of halogens is 1. The van der Waals surface area contributed by atoms with Crippen LogP contribution < -0.4 is 5.73 Å². The average Bonchev–Trinajstić information content (AvgIpc) is 3.50. The molecular weight excluding hydrogens is 492 g/mol. The van der Waals surface area contributed by atoms with Crippen LogP contribution in [0.4, 0.5) is 0 Å². The molecule has 1 fully saturated rings. The molecule has 32 heavy (non-hydrogen) atoms. The Morgan fingerprint density at radius 3 is 2.66 bits per heavy atom. The third-order valence-electron chi connectivity index (χ3n) is 6.01. The van der Waals surface area contributed by atoms with Crippen molar-refractivity contribution in [2.45, 2.75) is 53.1 Å². The molecule has 1 saturated heterocycles. The molecule has 170 valence electrons. The molecule has 3 aromatic heterocycles. The summed E-state index contributed by atoms with van der Waals surface area (Å²) in [4.78, 5) is 30.6. The first kappa shape index (κ1) is 22.7. The number of primary amides is 1. The number of aromatic nitrogens is 4. The zero-order valence-corrected chi connectivity index (χ0v) is 20.9. The number of hydrogen-bond acceptors (Lipinski definition) is 5. The van der Waals surface area contributed by atoms with E-state index in [1.165, 1.54) is 0 Å². The summed E-state index contributed by atoms with van der Waals surface area (Å²) < 4.78 is 5.05. The van der Waals surface area contributed by atoms with Gasteiger partial charge in [-0.2, -0.15) is 5.10 Å². The Balaban J connectivity index is 1.57. The highest BCUT2D eigenvalue weighted by Gasteiger charge is 2.22. The predicted molar refractivity (Wildman–Crippen MR) is 128 cm³/mol. The van der Waals surface area contributed by atoms with Crippen molar-refractivity contribution in [2.75, 3.05) is 13.1 Å². The van der Waals surface area contributed by atoms with Gasteiger partial charge in [0.05, 0.1) is 39.4 Å². The fourth-order valence-corrected chi connectivity index (χ4v) is 5.27. The van der Waals surface area contributed by atoms with Gasteiger partial charge < -0.3 is 15.2 Å². The van der Waals surface area contributed by atoms with Crippen LogP contribution in [0.3, 0.4) is 0 Å². The maximum atomic E-state index is 12.0. The topological polar surface area (TPSA) is 99.0 Å². The van der Waals surface area contributed by atoms with Gasteiger partial charge in [-0.15, -0.1) is 11.3 Å². The summed E-state index contributed by atoms with van der Waals surface area (Å²) in [5.41, 5.74) is 10.7. The number of carbonyl (C=O) groups excluding carboxylic acids is 2. The molecule has 8 nitrogen and oxygen atoms in total. The minimum Gasteiger partial charge on any atom is -0.366 e. The van der Waals surface area contributed by atoms with Gasteiger partial charge in [-0.1, -0.05) is 0 Å². The fourth-order valence-electron chi connectivity index (χ4n) is 4.21. The van der Waals surface area contributed by atoms with Gasteiger partial charge in [-0.25, -0.2) is 4.98 Å². The van der Waals surface area contributed by atoms with Gasteiger partial charge in [0.15, 0.2) is 0 Å². The van der Waals surface area contributed by atoms with Crippen molar-refractivity contribution in [3.05, 3.63) is 43.6 Å². The van der Waals surface area contributed by atoms with Crippen molar-refractivity contribution in [1.29, 1.82) is 0 Å². The highest BCUT2D eigenvalue weighted by atomic mass is 79.9. The Morgan fingerprint density at radius 1 is 1.25 bits per heavy atom. The van der Waals surface area contributed by atoms with Crippen LogP contribution in [0.15, 0.2) is 15.9 Å². The Labute approximate surface area is 199 Å². The number of carbonyl (C=O) groups is 2. The second-order valence-electron chi connectivity index (χ2n) is 8.15. The van der Waals surface area contributed by atoms with Gasteiger partial charge >= 0.3 is 0 Å². The van der Waals surface area contributed by atoms with Crippen molar-refractivity contribution in [1.82, 2.24) is 24.2 Å².